The first-order valence-corrected chi connectivity index (χ1v) is 19.0. The van der Waals surface area contributed by atoms with E-state index in [0.29, 0.717) is 31.6 Å². The molecule has 48 heavy (non-hydrogen) atoms. The van der Waals surface area contributed by atoms with Crippen molar-refractivity contribution < 1.29 is 13.6 Å². The third-order valence-electron chi connectivity index (χ3n) is 11.1. The van der Waals surface area contributed by atoms with Crippen LogP contribution in [0.5, 0.6) is 0 Å². The summed E-state index contributed by atoms with van der Waals surface area (Å²) in [6.45, 7) is 16.2. The van der Waals surface area contributed by atoms with E-state index in [1.54, 1.807) is 0 Å². The number of carbonyl (C=O) groups excluding carboxylic acids is 1. The minimum atomic E-state index is -1.26. The molecule has 278 valence electrons. The fourth-order valence-electron chi connectivity index (χ4n) is 8.28. The number of hydrogen-bond donors (Lipinski definition) is 6. The number of nitrogens with two attached hydrogens (primary N) is 2. The maximum Gasteiger partial charge on any atom is 0.253 e. The number of nitrogens with zero attached hydrogens (tertiary/aromatic N) is 2. The van der Waals surface area contributed by atoms with Gasteiger partial charge in [0.1, 0.15) is 18.2 Å². The van der Waals surface area contributed by atoms with Gasteiger partial charge < -0.3 is 22.1 Å². The molecule has 0 spiro atoms. The van der Waals surface area contributed by atoms with Gasteiger partial charge in [-0.1, -0.05) is 80.1 Å². The summed E-state index contributed by atoms with van der Waals surface area (Å²) in [6, 6.07) is -2.07. The molecule has 9 nitrogen and oxygen atoms in total. The molecule has 0 aromatic carbocycles. The third-order valence-corrected chi connectivity index (χ3v) is 11.1. The van der Waals surface area contributed by atoms with Crippen LogP contribution in [0.25, 0.3) is 0 Å². The van der Waals surface area contributed by atoms with Gasteiger partial charge in [0.25, 0.3) is 5.91 Å². The Labute approximate surface area is 290 Å². The minimum absolute atomic E-state index is 0.134. The first-order chi connectivity index (χ1) is 22.8. The first-order valence-electron chi connectivity index (χ1n) is 19.0. The molecule has 8 atom stereocenters. The lowest BCUT2D eigenvalue weighted by molar-refractivity contribution is -0.120. The normalized spacial score (nSPS) is 30.9. The van der Waals surface area contributed by atoms with Gasteiger partial charge in [0.15, 0.2) is 0 Å². The van der Waals surface area contributed by atoms with Crippen LogP contribution in [0.3, 0.4) is 0 Å². The van der Waals surface area contributed by atoms with Gasteiger partial charge in [-0.05, 0) is 63.8 Å². The van der Waals surface area contributed by atoms with E-state index in [4.69, 9.17) is 21.9 Å². The molecule has 1 amide bonds. The van der Waals surface area contributed by atoms with Gasteiger partial charge in [-0.25, -0.2) is 8.78 Å². The smallest absolute Gasteiger partial charge is 0.253 e. The van der Waals surface area contributed by atoms with Crippen LogP contribution < -0.4 is 27.4 Å². The van der Waals surface area contributed by atoms with E-state index in [0.717, 1.165) is 77.2 Å². The number of likely N-dealkylation sites (tertiary alicyclic amines) is 1. The summed E-state index contributed by atoms with van der Waals surface area (Å²) in [7, 11) is 0. The van der Waals surface area contributed by atoms with Crippen LogP contribution in [0, 0.1) is 16.2 Å². The van der Waals surface area contributed by atoms with Crippen LogP contribution in [0.15, 0.2) is 16.4 Å². The van der Waals surface area contributed by atoms with E-state index < -0.39 is 41.8 Å². The fourth-order valence-corrected chi connectivity index (χ4v) is 8.28. The molecule has 1 fully saturated rings. The van der Waals surface area contributed by atoms with Gasteiger partial charge in [0, 0.05) is 31.1 Å². The summed E-state index contributed by atoms with van der Waals surface area (Å²) in [5.41, 5.74) is 12.1. The molecule has 11 heteroatoms. The van der Waals surface area contributed by atoms with Crippen molar-refractivity contribution in [1.82, 2.24) is 20.9 Å². The summed E-state index contributed by atoms with van der Waals surface area (Å²) in [6.07, 6.45) is 10.5. The number of alkyl halides is 2. The number of nitrogens with one attached hydrogen (secondary N) is 4. The monoisotopic (exact) mass is 681 g/mol. The molecule has 2 aliphatic heterocycles. The van der Waals surface area contributed by atoms with Crippen molar-refractivity contribution in [3.8, 4) is 0 Å². The Kier molecular flexibility index (Phi) is 17.8. The van der Waals surface area contributed by atoms with Crippen LogP contribution in [-0.4, -0.2) is 79.1 Å². The molecule has 0 aromatic rings. The lowest BCUT2D eigenvalue weighted by Crippen LogP contribution is -2.67. The predicted molar refractivity (Wildman–Crippen MR) is 197 cm³/mol. The minimum Gasteiger partial charge on any atom is -0.385 e. The summed E-state index contributed by atoms with van der Waals surface area (Å²) >= 11 is 0. The molecule has 2 heterocycles. The highest BCUT2D eigenvalue weighted by atomic mass is 19.1. The number of amides is 1. The molecule has 2 aliphatic rings. The van der Waals surface area contributed by atoms with Crippen LogP contribution >= 0.6 is 0 Å². The zero-order chi connectivity index (χ0) is 35.9. The molecule has 0 bridgehead atoms. The Morgan fingerprint density at radius 3 is 2.31 bits per heavy atom. The predicted octanol–water partition coefficient (Wildman–Crippen LogP) is 6.47. The molecular weight excluding hydrogens is 610 g/mol. The highest BCUT2D eigenvalue weighted by Crippen LogP contribution is 2.57. The Morgan fingerprint density at radius 2 is 1.71 bits per heavy atom. The Morgan fingerprint density at radius 1 is 1.02 bits per heavy atom. The summed E-state index contributed by atoms with van der Waals surface area (Å²) in [5, 5.41) is 18.0. The van der Waals surface area contributed by atoms with E-state index in [2.05, 4.69) is 62.4 Å². The molecular formula is C37H70F2N8O. The molecule has 8 N–H and O–H groups in total. The van der Waals surface area contributed by atoms with Crippen LogP contribution in [-0.2, 0) is 4.79 Å². The second-order valence-electron chi connectivity index (χ2n) is 14.7. The highest BCUT2D eigenvalue weighted by molar-refractivity contribution is 5.96. The molecule has 2 rings (SSSR count). The fraction of sp³-hybridized carbons (Fsp3) is 0.865. The van der Waals surface area contributed by atoms with Gasteiger partial charge in [-0.15, -0.1) is 0 Å². The Hall–Kier alpha value is -2.27. The van der Waals surface area contributed by atoms with Gasteiger partial charge in [-0.2, -0.15) is 0 Å². The lowest BCUT2D eigenvalue weighted by atomic mass is 9.52. The van der Waals surface area contributed by atoms with Crippen molar-refractivity contribution in [2.24, 2.45) is 27.3 Å². The van der Waals surface area contributed by atoms with Gasteiger partial charge in [0.05, 0.1) is 35.7 Å². The molecule has 0 radical (unpaired) electrons. The number of aliphatic imine (C=N–C) groups is 1. The number of halogens is 2. The van der Waals surface area contributed by atoms with Crippen LogP contribution in [0.4, 0.5) is 8.78 Å². The van der Waals surface area contributed by atoms with Crippen molar-refractivity contribution in [2.75, 3.05) is 19.6 Å². The summed E-state index contributed by atoms with van der Waals surface area (Å²) in [5.74, 6) is -0.214. The van der Waals surface area contributed by atoms with Crippen molar-refractivity contribution in [3.05, 3.63) is 11.4 Å². The number of rotatable bonds is 19. The van der Waals surface area contributed by atoms with Gasteiger partial charge >= 0.3 is 0 Å². The third kappa shape index (κ3) is 11.1. The summed E-state index contributed by atoms with van der Waals surface area (Å²) in [4.78, 5) is 21.4. The zero-order valence-electron chi connectivity index (χ0n) is 31.3. The number of carbonyl (C=O) groups is 1. The second-order valence-corrected chi connectivity index (χ2v) is 14.7. The number of piperidine rings is 1. The van der Waals surface area contributed by atoms with Crippen molar-refractivity contribution in [2.45, 2.75) is 175 Å². The lowest BCUT2D eigenvalue weighted by Gasteiger charge is -2.54. The number of hydrogen-bond acceptors (Lipinski definition) is 7. The van der Waals surface area contributed by atoms with Crippen molar-refractivity contribution in [3.63, 3.8) is 0 Å². The first kappa shape index (κ1) is 41.9. The quantitative estimate of drug-likeness (QED) is 0.0303. The van der Waals surface area contributed by atoms with E-state index in [1.165, 1.54) is 6.21 Å². The van der Waals surface area contributed by atoms with Crippen LogP contribution in [0.1, 0.15) is 138 Å². The Bertz CT molecular complexity index is 1050. The maximum atomic E-state index is 16.1. The highest BCUT2D eigenvalue weighted by Gasteiger charge is 2.53. The molecule has 0 aliphatic carbocycles. The summed E-state index contributed by atoms with van der Waals surface area (Å²) < 4.78 is 31.3. The van der Waals surface area contributed by atoms with Gasteiger partial charge in [-0.3, -0.25) is 25.4 Å². The Balaban J connectivity index is 2.53. The molecule has 8 unspecified atom stereocenters. The molecule has 0 aromatic heterocycles. The van der Waals surface area contributed by atoms with Crippen molar-refractivity contribution >= 4 is 18.0 Å². The topological polar surface area (TPSA) is 145 Å². The maximum absolute atomic E-state index is 16.1. The van der Waals surface area contributed by atoms with E-state index in [-0.39, 0.29) is 29.5 Å². The van der Waals surface area contributed by atoms with E-state index in [1.807, 2.05) is 6.92 Å². The van der Waals surface area contributed by atoms with E-state index >= 15 is 8.78 Å². The zero-order valence-corrected chi connectivity index (χ0v) is 31.3. The van der Waals surface area contributed by atoms with Gasteiger partial charge in [0.2, 0.25) is 0 Å². The largest absolute Gasteiger partial charge is 0.385 e. The molecule has 0 saturated carbocycles. The number of amidine groups is 1. The molecule has 1 saturated heterocycles. The number of unbranched alkanes of at least 4 members (excludes halogenated alkanes) is 4. The standard InChI is InChI=1S/C37H70F2N8O/c1-8-13-16-22-47-24-28(39)32(45-26(6)44-30(40)17-14-9-2)29(25-47)46-35(48)31(34(41)42)33-36(7,19-11-4)37(12-5,20-15-10-3)21-18-27(38)23-43-33/h23,26-29,32-33,45H,8-22,24-25,41-42H2,1-7H3,(H2,40,44)(H,46,48)/b43-23-. The van der Waals surface area contributed by atoms with Crippen LogP contribution in [0.2, 0.25) is 0 Å². The average molecular weight is 681 g/mol. The average Bonchev–Trinajstić information content (AvgIpc) is 3.03. The SMILES string of the molecule is CCCCCN1CC(F)C(NC(C)NC(=N)CCCC)C(NC(=O)C(=C(N)N)C2/N=C\C(F)CCC(CC)(CCCC)C2(C)CCC)C1. The van der Waals surface area contributed by atoms with E-state index in [9.17, 15) is 4.79 Å². The second kappa shape index (κ2) is 20.4. The van der Waals surface area contributed by atoms with Crippen molar-refractivity contribution in [1.29, 1.82) is 5.41 Å².